The van der Waals surface area contributed by atoms with E-state index in [9.17, 15) is 9.90 Å². The van der Waals surface area contributed by atoms with Crippen molar-refractivity contribution < 1.29 is 70.8 Å². The smallest absolute Gasteiger partial charge is 0.876 e. The van der Waals surface area contributed by atoms with Crippen molar-refractivity contribution in [3.63, 3.8) is 0 Å². The molecule has 0 fully saturated rings. The van der Waals surface area contributed by atoms with Gasteiger partial charge >= 0.3 is 57.4 Å². The molecule has 0 saturated heterocycles. The van der Waals surface area contributed by atoms with Crippen LogP contribution < -0.4 is 56.5 Å². The van der Waals surface area contributed by atoms with Crippen LogP contribution in [0.5, 0.6) is 0 Å². The Morgan fingerprint density at radius 3 is 2.27 bits per heavy atom. The molecule has 0 radical (unpaired) electrons. The van der Waals surface area contributed by atoms with Crippen LogP contribution >= 0.6 is 0 Å². The maximum absolute atomic E-state index is 11.1. The first-order chi connectivity index (χ1) is 6.65. The van der Waals surface area contributed by atoms with E-state index in [0.717, 1.165) is 0 Å². The van der Waals surface area contributed by atoms with Gasteiger partial charge in [0, 0.05) is 6.92 Å². The summed E-state index contributed by atoms with van der Waals surface area (Å²) in [6.07, 6.45) is 0.348. The molecule has 0 aliphatic heterocycles. The zero-order valence-corrected chi connectivity index (χ0v) is 12.7. The molecule has 0 rings (SSSR count). The Balaban J connectivity index is 0. The van der Waals surface area contributed by atoms with Gasteiger partial charge in [0.1, 0.15) is 5.70 Å². The summed E-state index contributed by atoms with van der Waals surface area (Å²) in [5, 5.41) is 10.5. The SMILES string of the molecule is CCOC(=O)/C(=C/[O-])N=C(C)OCC.[K+]. The number of carbonyl (C=O) groups excluding carboxylic acids is 1. The van der Waals surface area contributed by atoms with E-state index in [0.29, 0.717) is 12.9 Å². The largest absolute Gasteiger partial charge is 1.00 e. The second-order valence-corrected chi connectivity index (χ2v) is 2.29. The molecule has 0 saturated carbocycles. The molecule has 15 heavy (non-hydrogen) atoms. The number of carbonyl (C=O) groups is 1. The summed E-state index contributed by atoms with van der Waals surface area (Å²) in [4.78, 5) is 14.7. The van der Waals surface area contributed by atoms with E-state index < -0.39 is 5.97 Å². The monoisotopic (exact) mass is 239 g/mol. The van der Waals surface area contributed by atoms with Crippen LogP contribution in [0.25, 0.3) is 0 Å². The normalized spacial score (nSPS) is 11.7. The molecule has 0 amide bonds. The Morgan fingerprint density at radius 1 is 1.33 bits per heavy atom. The summed E-state index contributed by atoms with van der Waals surface area (Å²) < 4.78 is 9.57. The third-order valence-corrected chi connectivity index (χ3v) is 1.23. The van der Waals surface area contributed by atoms with E-state index in [1.165, 1.54) is 0 Å². The predicted octanol–water partition coefficient (Wildman–Crippen LogP) is -2.79. The number of nitrogens with zero attached hydrogens (tertiary/aromatic N) is 1. The first-order valence-corrected chi connectivity index (χ1v) is 4.33. The van der Waals surface area contributed by atoms with Gasteiger partial charge in [-0.25, -0.2) is 9.79 Å². The van der Waals surface area contributed by atoms with Crippen LogP contribution in [-0.4, -0.2) is 25.1 Å². The summed E-state index contributed by atoms with van der Waals surface area (Å²) >= 11 is 0. The van der Waals surface area contributed by atoms with E-state index >= 15 is 0 Å². The van der Waals surface area contributed by atoms with Crippen molar-refractivity contribution in [2.24, 2.45) is 4.99 Å². The number of aliphatic imine (C=N–C) groups is 1. The van der Waals surface area contributed by atoms with Gasteiger partial charge in [0.25, 0.3) is 0 Å². The Labute approximate surface area is 132 Å². The summed E-state index contributed by atoms with van der Waals surface area (Å²) in [5.41, 5.74) is -0.280. The Hall–Kier alpha value is 0.116. The van der Waals surface area contributed by atoms with Gasteiger partial charge in [-0.1, -0.05) is 0 Å². The Bertz CT molecular complexity index is 250. The van der Waals surface area contributed by atoms with Crippen LogP contribution in [0.1, 0.15) is 20.8 Å². The van der Waals surface area contributed by atoms with Crippen LogP contribution in [0.4, 0.5) is 0 Å². The van der Waals surface area contributed by atoms with Gasteiger partial charge in [0.2, 0.25) is 0 Å². The van der Waals surface area contributed by atoms with Gasteiger partial charge in [0.05, 0.1) is 13.2 Å². The maximum Gasteiger partial charge on any atom is 1.00 e. The van der Waals surface area contributed by atoms with Crippen LogP contribution in [0.15, 0.2) is 17.0 Å². The van der Waals surface area contributed by atoms with Crippen molar-refractivity contribution in [3.05, 3.63) is 12.0 Å². The molecule has 0 aromatic rings. The molecule has 6 heteroatoms. The minimum absolute atomic E-state index is 0. The van der Waals surface area contributed by atoms with E-state index in [2.05, 4.69) is 9.73 Å². The van der Waals surface area contributed by atoms with Crippen molar-refractivity contribution in [2.75, 3.05) is 13.2 Å². The van der Waals surface area contributed by atoms with Crippen molar-refractivity contribution in [2.45, 2.75) is 20.8 Å². The van der Waals surface area contributed by atoms with Crippen molar-refractivity contribution in [3.8, 4) is 0 Å². The first kappa shape index (κ1) is 17.5. The van der Waals surface area contributed by atoms with Crippen molar-refractivity contribution >= 4 is 11.9 Å². The predicted molar refractivity (Wildman–Crippen MR) is 49.5 cm³/mol. The molecule has 0 unspecified atom stereocenters. The molecule has 0 aromatic heterocycles. The molecule has 0 aliphatic carbocycles. The minimum atomic E-state index is -0.735. The quantitative estimate of drug-likeness (QED) is 0.133. The van der Waals surface area contributed by atoms with E-state index in [1.807, 2.05) is 0 Å². The molecule has 80 valence electrons. The Morgan fingerprint density at radius 2 is 1.87 bits per heavy atom. The molecular formula is C9H14KNO4. The summed E-state index contributed by atoms with van der Waals surface area (Å²) in [7, 11) is 0. The number of ether oxygens (including phenoxy) is 2. The minimum Gasteiger partial charge on any atom is -0.876 e. The second-order valence-electron chi connectivity index (χ2n) is 2.29. The fourth-order valence-corrected chi connectivity index (χ4v) is 0.736. The summed E-state index contributed by atoms with van der Waals surface area (Å²) in [5.74, 6) is -0.468. The molecule has 0 aromatic carbocycles. The van der Waals surface area contributed by atoms with E-state index in [1.54, 1.807) is 20.8 Å². The van der Waals surface area contributed by atoms with Crippen molar-refractivity contribution in [1.29, 1.82) is 0 Å². The molecule has 0 heterocycles. The fraction of sp³-hybridized carbons (Fsp3) is 0.556. The van der Waals surface area contributed by atoms with Gasteiger partial charge in [-0.2, -0.15) is 0 Å². The zero-order chi connectivity index (χ0) is 11.0. The zero-order valence-electron chi connectivity index (χ0n) is 9.57. The van der Waals surface area contributed by atoms with Crippen molar-refractivity contribution in [1.82, 2.24) is 0 Å². The van der Waals surface area contributed by atoms with Crippen LogP contribution in [-0.2, 0) is 14.3 Å². The Kier molecular flexibility index (Phi) is 12.4. The third kappa shape index (κ3) is 7.98. The average Bonchev–Trinajstić information content (AvgIpc) is 2.15. The molecular weight excluding hydrogens is 225 g/mol. The van der Waals surface area contributed by atoms with E-state index in [4.69, 9.17) is 4.74 Å². The van der Waals surface area contributed by atoms with Gasteiger partial charge in [0.15, 0.2) is 5.90 Å². The molecule has 0 aliphatic rings. The van der Waals surface area contributed by atoms with Gasteiger partial charge in [-0.05, 0) is 13.8 Å². The molecule has 5 nitrogen and oxygen atoms in total. The van der Waals surface area contributed by atoms with E-state index in [-0.39, 0.29) is 69.6 Å². The molecule has 0 atom stereocenters. The first-order valence-electron chi connectivity index (χ1n) is 4.33. The van der Waals surface area contributed by atoms with Gasteiger partial charge < -0.3 is 14.6 Å². The second kappa shape index (κ2) is 10.6. The van der Waals surface area contributed by atoms with Crippen LogP contribution in [0, 0.1) is 0 Å². The summed E-state index contributed by atoms with van der Waals surface area (Å²) in [6.45, 7) is 5.64. The topological polar surface area (TPSA) is 71.0 Å². The van der Waals surface area contributed by atoms with Gasteiger partial charge in [-0.3, -0.25) is 0 Å². The fourth-order valence-electron chi connectivity index (χ4n) is 0.736. The number of hydrogen-bond acceptors (Lipinski definition) is 5. The maximum atomic E-state index is 11.1. The standard InChI is InChI=1S/C9H15NO4.K/c1-4-13-7(3)10-8(6-11)9(12)14-5-2;/h6,11H,4-5H2,1-3H3;/q;+1/p-1/b8-6-,10-7?;. The van der Waals surface area contributed by atoms with Crippen LogP contribution in [0.2, 0.25) is 0 Å². The third-order valence-electron chi connectivity index (χ3n) is 1.23. The van der Waals surface area contributed by atoms with Crippen LogP contribution in [0.3, 0.4) is 0 Å². The molecule has 0 spiro atoms. The number of esters is 1. The molecule has 0 N–H and O–H groups in total. The van der Waals surface area contributed by atoms with Gasteiger partial charge in [-0.15, -0.1) is 6.26 Å². The number of rotatable bonds is 4. The summed E-state index contributed by atoms with van der Waals surface area (Å²) in [6, 6.07) is 0. The average molecular weight is 239 g/mol. The molecule has 0 bridgehead atoms. The number of hydrogen-bond donors (Lipinski definition) is 0.